The largest absolute Gasteiger partial charge is 0.497 e. The molecule has 0 aliphatic rings. The molecule has 0 aliphatic carbocycles. The van der Waals surface area contributed by atoms with Gasteiger partial charge in [0.2, 0.25) is 0 Å². The first kappa shape index (κ1) is 25.8. The monoisotopic (exact) mass is 532 g/mol. The van der Waals surface area contributed by atoms with Gasteiger partial charge in [0.05, 0.1) is 43.4 Å². The van der Waals surface area contributed by atoms with Crippen molar-refractivity contribution in [1.29, 1.82) is 0 Å². The molecular formula is C25H26Cl2N4O5. The number of nitrogens with zero attached hydrogens (tertiary/aromatic N) is 3. The highest BCUT2D eigenvalue weighted by Gasteiger charge is 2.22. The Kier molecular flexibility index (Phi) is 7.17. The highest BCUT2D eigenvalue weighted by molar-refractivity contribution is 6.35. The van der Waals surface area contributed by atoms with Crippen molar-refractivity contribution in [2.75, 3.05) is 14.2 Å². The molecule has 190 valence electrons. The third kappa shape index (κ3) is 5.28. The van der Waals surface area contributed by atoms with Crippen LogP contribution in [0.3, 0.4) is 0 Å². The van der Waals surface area contributed by atoms with Crippen LogP contribution in [0.4, 0.5) is 0 Å². The van der Waals surface area contributed by atoms with Crippen LogP contribution in [0.1, 0.15) is 41.3 Å². The number of nitrogens with one attached hydrogen (secondary N) is 1. The summed E-state index contributed by atoms with van der Waals surface area (Å²) in [5.41, 5.74) is 1.13. The molecule has 2 N–H and O–H groups in total. The van der Waals surface area contributed by atoms with E-state index in [2.05, 4.69) is 9.97 Å². The van der Waals surface area contributed by atoms with Gasteiger partial charge >= 0.3 is 11.7 Å². The molecule has 0 saturated heterocycles. The van der Waals surface area contributed by atoms with Crippen molar-refractivity contribution in [3.63, 3.8) is 0 Å². The van der Waals surface area contributed by atoms with Crippen molar-refractivity contribution in [1.82, 2.24) is 19.1 Å². The number of hydrogen-bond acceptors (Lipinski definition) is 6. The van der Waals surface area contributed by atoms with Crippen molar-refractivity contribution in [2.45, 2.75) is 39.0 Å². The number of methoxy groups -OCH3 is 2. The number of fused-ring (bicyclic) bond motifs is 1. The van der Waals surface area contributed by atoms with Crippen LogP contribution in [-0.4, -0.2) is 50.0 Å². The van der Waals surface area contributed by atoms with E-state index >= 15 is 0 Å². The molecule has 0 bridgehead atoms. The van der Waals surface area contributed by atoms with Gasteiger partial charge in [0.25, 0.3) is 0 Å². The number of H-pyrrole nitrogens is 1. The molecule has 4 aromatic rings. The Labute approximate surface area is 217 Å². The number of aromatic nitrogens is 4. The smallest absolute Gasteiger partial charge is 0.341 e. The van der Waals surface area contributed by atoms with Gasteiger partial charge in [-0.05, 0) is 43.7 Å². The van der Waals surface area contributed by atoms with Crippen LogP contribution in [0.5, 0.6) is 5.75 Å². The SMILES string of the molecule is COC(=O)c1c(Cl)ccc2[nH]c(Cn3cc(Cc4ccc(OC)cc4Cl)n(CC(C)(C)O)c3=O)nc12. The van der Waals surface area contributed by atoms with Crippen LogP contribution in [0, 0.1) is 0 Å². The summed E-state index contributed by atoms with van der Waals surface area (Å²) in [6.07, 6.45) is 2.08. The first-order valence-corrected chi connectivity index (χ1v) is 11.9. The summed E-state index contributed by atoms with van der Waals surface area (Å²) in [4.78, 5) is 33.2. The van der Waals surface area contributed by atoms with Crippen molar-refractivity contribution >= 4 is 40.2 Å². The molecule has 0 amide bonds. The minimum atomic E-state index is -1.13. The Morgan fingerprint density at radius 2 is 1.92 bits per heavy atom. The molecule has 4 rings (SSSR count). The third-order valence-corrected chi connectivity index (χ3v) is 6.33. The summed E-state index contributed by atoms with van der Waals surface area (Å²) < 4.78 is 13.1. The first-order valence-electron chi connectivity index (χ1n) is 11.1. The highest BCUT2D eigenvalue weighted by Crippen LogP contribution is 2.27. The van der Waals surface area contributed by atoms with E-state index in [0.29, 0.717) is 39.7 Å². The number of carbonyl (C=O) groups is 1. The van der Waals surface area contributed by atoms with Crippen LogP contribution in [0.15, 0.2) is 41.3 Å². The lowest BCUT2D eigenvalue weighted by atomic mass is 10.1. The van der Waals surface area contributed by atoms with E-state index in [4.69, 9.17) is 32.7 Å². The first-order chi connectivity index (χ1) is 17.0. The van der Waals surface area contributed by atoms with E-state index in [1.807, 2.05) is 6.07 Å². The van der Waals surface area contributed by atoms with Crippen LogP contribution in [-0.2, 0) is 24.2 Å². The number of ether oxygens (including phenoxy) is 2. The van der Waals surface area contributed by atoms with Crippen LogP contribution >= 0.6 is 23.2 Å². The molecule has 0 radical (unpaired) electrons. The van der Waals surface area contributed by atoms with Gasteiger partial charge in [-0.3, -0.25) is 9.13 Å². The summed E-state index contributed by atoms with van der Waals surface area (Å²) in [5.74, 6) is 0.483. The van der Waals surface area contributed by atoms with Gasteiger partial charge in [-0.2, -0.15) is 0 Å². The molecule has 0 spiro atoms. The number of aromatic amines is 1. The van der Waals surface area contributed by atoms with Gasteiger partial charge in [-0.15, -0.1) is 0 Å². The fourth-order valence-electron chi connectivity index (χ4n) is 4.02. The van der Waals surface area contributed by atoms with E-state index in [0.717, 1.165) is 5.56 Å². The van der Waals surface area contributed by atoms with Gasteiger partial charge < -0.3 is 19.6 Å². The average Bonchev–Trinajstić information content (AvgIpc) is 3.34. The quantitative estimate of drug-likeness (QED) is 0.331. The normalized spacial score (nSPS) is 11.8. The standard InChI is InChI=1S/C25H26Cl2N4O5/c1-25(2,34)13-31-15(9-14-5-6-16(35-3)10-18(14)27)11-30(24(31)33)12-20-28-19-8-7-17(26)21(22(19)29-20)23(32)36-4/h5-8,10-11,34H,9,12-13H2,1-4H3,(H,28,29). The van der Waals surface area contributed by atoms with Crippen molar-refractivity contribution in [3.8, 4) is 5.75 Å². The predicted octanol–water partition coefficient (Wildman–Crippen LogP) is 4.04. The van der Waals surface area contributed by atoms with E-state index in [1.54, 1.807) is 51.4 Å². The Morgan fingerprint density at radius 3 is 2.56 bits per heavy atom. The van der Waals surface area contributed by atoms with E-state index in [1.165, 1.54) is 16.2 Å². The van der Waals surface area contributed by atoms with Gasteiger partial charge in [0.1, 0.15) is 22.7 Å². The van der Waals surface area contributed by atoms with Gasteiger partial charge in [-0.1, -0.05) is 29.3 Å². The van der Waals surface area contributed by atoms with Crippen LogP contribution in [0.25, 0.3) is 11.0 Å². The number of carbonyl (C=O) groups excluding carboxylic acids is 1. The fraction of sp³-hybridized carbons (Fsp3) is 0.320. The summed E-state index contributed by atoms with van der Waals surface area (Å²) >= 11 is 12.7. The number of halogens is 2. The maximum Gasteiger partial charge on any atom is 0.341 e. The van der Waals surface area contributed by atoms with Gasteiger partial charge in [0.15, 0.2) is 0 Å². The van der Waals surface area contributed by atoms with Crippen LogP contribution in [0.2, 0.25) is 10.0 Å². The average molecular weight is 533 g/mol. The van der Waals surface area contributed by atoms with Crippen molar-refractivity contribution in [3.05, 3.63) is 79.7 Å². The number of hydrogen-bond donors (Lipinski definition) is 2. The molecule has 9 nitrogen and oxygen atoms in total. The molecule has 11 heteroatoms. The second kappa shape index (κ2) is 10.0. The lowest BCUT2D eigenvalue weighted by Gasteiger charge is -2.19. The number of benzene rings is 2. The summed E-state index contributed by atoms with van der Waals surface area (Å²) in [7, 11) is 2.83. The topological polar surface area (TPSA) is 111 Å². The summed E-state index contributed by atoms with van der Waals surface area (Å²) in [6.45, 7) is 3.47. The van der Waals surface area contributed by atoms with Crippen molar-refractivity contribution in [2.24, 2.45) is 0 Å². The van der Waals surface area contributed by atoms with E-state index < -0.39 is 11.6 Å². The lowest BCUT2D eigenvalue weighted by molar-refractivity contribution is 0.0591. The molecule has 2 heterocycles. The van der Waals surface area contributed by atoms with Gasteiger partial charge in [0, 0.05) is 23.3 Å². The zero-order valence-electron chi connectivity index (χ0n) is 20.3. The van der Waals surface area contributed by atoms with E-state index in [-0.39, 0.29) is 29.4 Å². The second-order valence-corrected chi connectivity index (χ2v) is 9.87. The fourth-order valence-corrected chi connectivity index (χ4v) is 4.49. The predicted molar refractivity (Wildman–Crippen MR) is 137 cm³/mol. The Bertz CT molecular complexity index is 1500. The molecule has 0 fully saturated rings. The molecule has 0 saturated carbocycles. The van der Waals surface area contributed by atoms with E-state index in [9.17, 15) is 14.7 Å². The zero-order valence-corrected chi connectivity index (χ0v) is 21.8. The van der Waals surface area contributed by atoms with Crippen molar-refractivity contribution < 1.29 is 19.4 Å². The molecular weight excluding hydrogens is 507 g/mol. The minimum absolute atomic E-state index is 0.0875. The van der Waals surface area contributed by atoms with Crippen LogP contribution < -0.4 is 10.4 Å². The summed E-state index contributed by atoms with van der Waals surface area (Å²) in [5, 5.41) is 11.2. The Morgan fingerprint density at radius 1 is 1.17 bits per heavy atom. The number of aliphatic hydroxyl groups is 1. The Hall–Kier alpha value is -3.27. The zero-order chi connectivity index (χ0) is 26.2. The second-order valence-electron chi connectivity index (χ2n) is 9.06. The molecule has 2 aromatic heterocycles. The minimum Gasteiger partial charge on any atom is -0.497 e. The van der Waals surface area contributed by atoms with Gasteiger partial charge in [-0.25, -0.2) is 14.6 Å². The molecule has 0 atom stereocenters. The Balaban J connectivity index is 1.74. The maximum atomic E-state index is 13.4. The number of esters is 1. The third-order valence-electron chi connectivity index (χ3n) is 5.67. The molecule has 36 heavy (non-hydrogen) atoms. The maximum absolute atomic E-state index is 13.4. The molecule has 0 unspecified atom stereocenters. The number of rotatable bonds is 8. The summed E-state index contributed by atoms with van der Waals surface area (Å²) in [6, 6.07) is 8.65. The molecule has 2 aromatic carbocycles. The lowest BCUT2D eigenvalue weighted by Crippen LogP contribution is -2.34. The number of imidazole rings is 2. The highest BCUT2D eigenvalue weighted by atomic mass is 35.5. The molecule has 0 aliphatic heterocycles.